The maximum Gasteiger partial charge on any atom is 0.316 e. The summed E-state index contributed by atoms with van der Waals surface area (Å²) in [6.07, 6.45) is 0. The zero-order valence-electron chi connectivity index (χ0n) is 9.69. The van der Waals surface area contributed by atoms with Crippen molar-refractivity contribution in [1.82, 2.24) is 10.2 Å². The molecular weight excluding hydrogens is 202 g/mol. The Morgan fingerprint density at radius 2 is 1.75 bits per heavy atom. The number of benzene rings is 1. The summed E-state index contributed by atoms with van der Waals surface area (Å²) in [4.78, 5) is 0. The molecular formula is C12H15N3O. The van der Waals surface area contributed by atoms with E-state index in [1.807, 2.05) is 51.1 Å². The quantitative estimate of drug-likeness (QED) is 0.840. The molecule has 0 aliphatic heterocycles. The molecule has 0 bridgehead atoms. The Hall–Kier alpha value is -1.84. The summed E-state index contributed by atoms with van der Waals surface area (Å²) < 4.78 is 5.51. The number of aromatic nitrogens is 2. The monoisotopic (exact) mass is 217 g/mol. The lowest BCUT2D eigenvalue weighted by molar-refractivity contribution is 0.538. The van der Waals surface area contributed by atoms with Crippen molar-refractivity contribution in [3.63, 3.8) is 0 Å². The summed E-state index contributed by atoms with van der Waals surface area (Å²) in [5, 5.41) is 11.1. The molecule has 0 saturated carbocycles. The van der Waals surface area contributed by atoms with Crippen LogP contribution in [-0.2, 0) is 0 Å². The zero-order valence-corrected chi connectivity index (χ0v) is 9.69. The van der Waals surface area contributed by atoms with Crippen molar-refractivity contribution in [2.24, 2.45) is 0 Å². The summed E-state index contributed by atoms with van der Waals surface area (Å²) >= 11 is 0. The molecule has 0 unspecified atom stereocenters. The molecule has 0 fully saturated rings. The van der Waals surface area contributed by atoms with Gasteiger partial charge < -0.3 is 9.73 Å². The Kier molecular flexibility index (Phi) is 2.64. The Morgan fingerprint density at radius 1 is 1.06 bits per heavy atom. The van der Waals surface area contributed by atoms with Gasteiger partial charge >= 0.3 is 6.01 Å². The summed E-state index contributed by atoms with van der Waals surface area (Å²) in [7, 11) is 0. The molecule has 0 aliphatic carbocycles. The van der Waals surface area contributed by atoms with Gasteiger partial charge in [-0.3, -0.25) is 0 Å². The van der Waals surface area contributed by atoms with Crippen LogP contribution in [0.5, 0.6) is 0 Å². The first-order valence-corrected chi connectivity index (χ1v) is 5.22. The molecule has 1 aromatic carbocycles. The van der Waals surface area contributed by atoms with E-state index in [-0.39, 0.29) is 5.54 Å². The van der Waals surface area contributed by atoms with Crippen molar-refractivity contribution in [2.75, 3.05) is 5.32 Å². The number of nitrogens with one attached hydrogen (secondary N) is 1. The SMILES string of the molecule is CC(C)(C)Nc1nnc(-c2ccccc2)o1. The van der Waals surface area contributed by atoms with Crippen LogP contribution >= 0.6 is 0 Å². The molecule has 2 rings (SSSR count). The molecule has 0 saturated heterocycles. The second-order valence-electron chi connectivity index (χ2n) is 4.65. The molecule has 1 aromatic heterocycles. The first kappa shape index (κ1) is 10.7. The van der Waals surface area contributed by atoms with Crippen LogP contribution in [0.4, 0.5) is 6.01 Å². The van der Waals surface area contributed by atoms with Crippen LogP contribution in [0.1, 0.15) is 20.8 Å². The predicted octanol–water partition coefficient (Wildman–Crippen LogP) is 2.95. The Bertz CT molecular complexity index is 457. The van der Waals surface area contributed by atoms with Crippen molar-refractivity contribution < 1.29 is 4.42 Å². The number of rotatable bonds is 2. The molecule has 2 aromatic rings. The lowest BCUT2D eigenvalue weighted by Gasteiger charge is -2.17. The number of anilines is 1. The fourth-order valence-corrected chi connectivity index (χ4v) is 1.29. The van der Waals surface area contributed by atoms with Gasteiger partial charge in [0.15, 0.2) is 0 Å². The molecule has 1 heterocycles. The van der Waals surface area contributed by atoms with E-state index in [0.29, 0.717) is 11.9 Å². The van der Waals surface area contributed by atoms with Gasteiger partial charge in [-0.1, -0.05) is 23.3 Å². The van der Waals surface area contributed by atoms with Gasteiger partial charge in [0.25, 0.3) is 0 Å². The van der Waals surface area contributed by atoms with E-state index in [1.165, 1.54) is 0 Å². The largest absolute Gasteiger partial charge is 0.403 e. The molecule has 4 nitrogen and oxygen atoms in total. The molecule has 84 valence electrons. The average Bonchev–Trinajstić information content (AvgIpc) is 2.65. The van der Waals surface area contributed by atoms with Crippen LogP contribution in [-0.4, -0.2) is 15.7 Å². The topological polar surface area (TPSA) is 51.0 Å². The maximum atomic E-state index is 5.51. The molecule has 0 amide bonds. The van der Waals surface area contributed by atoms with Crippen LogP contribution in [0.3, 0.4) is 0 Å². The van der Waals surface area contributed by atoms with Crippen LogP contribution in [0, 0.1) is 0 Å². The third-order valence-corrected chi connectivity index (χ3v) is 1.93. The summed E-state index contributed by atoms with van der Waals surface area (Å²) in [6.45, 7) is 6.12. The molecule has 0 spiro atoms. The van der Waals surface area contributed by atoms with Crippen molar-refractivity contribution in [3.8, 4) is 11.5 Å². The lowest BCUT2D eigenvalue weighted by atomic mass is 10.1. The summed E-state index contributed by atoms with van der Waals surface area (Å²) in [6, 6.07) is 10.2. The Labute approximate surface area is 94.7 Å². The predicted molar refractivity (Wildman–Crippen MR) is 63.1 cm³/mol. The van der Waals surface area contributed by atoms with Gasteiger partial charge in [-0.15, -0.1) is 5.10 Å². The van der Waals surface area contributed by atoms with E-state index in [0.717, 1.165) is 5.56 Å². The molecule has 0 radical (unpaired) electrons. The van der Waals surface area contributed by atoms with Crippen molar-refractivity contribution in [1.29, 1.82) is 0 Å². The maximum absolute atomic E-state index is 5.51. The van der Waals surface area contributed by atoms with E-state index < -0.39 is 0 Å². The van der Waals surface area contributed by atoms with E-state index >= 15 is 0 Å². The Balaban J connectivity index is 2.21. The fourth-order valence-electron chi connectivity index (χ4n) is 1.29. The first-order valence-electron chi connectivity index (χ1n) is 5.22. The number of hydrogen-bond donors (Lipinski definition) is 1. The van der Waals surface area contributed by atoms with Gasteiger partial charge in [-0.2, -0.15) is 0 Å². The van der Waals surface area contributed by atoms with E-state index in [1.54, 1.807) is 0 Å². The van der Waals surface area contributed by atoms with E-state index in [9.17, 15) is 0 Å². The van der Waals surface area contributed by atoms with Crippen LogP contribution in [0.25, 0.3) is 11.5 Å². The summed E-state index contributed by atoms with van der Waals surface area (Å²) in [5.74, 6) is 0.535. The first-order chi connectivity index (χ1) is 7.54. The van der Waals surface area contributed by atoms with Crippen molar-refractivity contribution in [2.45, 2.75) is 26.3 Å². The second kappa shape index (κ2) is 3.96. The molecule has 1 N–H and O–H groups in total. The standard InChI is InChI=1S/C12H15N3O/c1-12(2,3)13-11-15-14-10(16-11)9-7-5-4-6-8-9/h4-8H,1-3H3,(H,13,15). The number of hydrogen-bond acceptors (Lipinski definition) is 4. The van der Waals surface area contributed by atoms with Crippen molar-refractivity contribution in [3.05, 3.63) is 30.3 Å². The van der Waals surface area contributed by atoms with Crippen LogP contribution < -0.4 is 5.32 Å². The fraction of sp³-hybridized carbons (Fsp3) is 0.333. The average molecular weight is 217 g/mol. The molecule has 4 heteroatoms. The molecule has 0 atom stereocenters. The highest BCUT2D eigenvalue weighted by Gasteiger charge is 2.14. The third-order valence-electron chi connectivity index (χ3n) is 1.93. The van der Waals surface area contributed by atoms with Gasteiger partial charge in [0.1, 0.15) is 0 Å². The normalized spacial score (nSPS) is 11.4. The highest BCUT2D eigenvalue weighted by molar-refractivity contribution is 5.52. The van der Waals surface area contributed by atoms with Gasteiger partial charge in [0, 0.05) is 11.1 Å². The van der Waals surface area contributed by atoms with Gasteiger partial charge in [0.05, 0.1) is 0 Å². The van der Waals surface area contributed by atoms with E-state index in [2.05, 4.69) is 15.5 Å². The summed E-state index contributed by atoms with van der Waals surface area (Å²) in [5.41, 5.74) is 0.845. The lowest BCUT2D eigenvalue weighted by Crippen LogP contribution is -2.26. The van der Waals surface area contributed by atoms with Gasteiger partial charge in [-0.05, 0) is 32.9 Å². The number of nitrogens with zero attached hydrogens (tertiary/aromatic N) is 2. The minimum atomic E-state index is -0.0828. The van der Waals surface area contributed by atoms with E-state index in [4.69, 9.17) is 4.42 Å². The molecule has 0 aliphatic rings. The van der Waals surface area contributed by atoms with Crippen molar-refractivity contribution >= 4 is 6.01 Å². The van der Waals surface area contributed by atoms with Crippen LogP contribution in [0.2, 0.25) is 0 Å². The smallest absolute Gasteiger partial charge is 0.316 e. The minimum Gasteiger partial charge on any atom is -0.403 e. The van der Waals surface area contributed by atoms with Crippen LogP contribution in [0.15, 0.2) is 34.7 Å². The van der Waals surface area contributed by atoms with Gasteiger partial charge in [-0.25, -0.2) is 0 Å². The third kappa shape index (κ3) is 2.59. The Morgan fingerprint density at radius 3 is 2.38 bits per heavy atom. The highest BCUT2D eigenvalue weighted by Crippen LogP contribution is 2.20. The van der Waals surface area contributed by atoms with Gasteiger partial charge in [0.2, 0.25) is 5.89 Å². The molecule has 16 heavy (non-hydrogen) atoms. The second-order valence-corrected chi connectivity index (χ2v) is 4.65. The zero-order chi connectivity index (χ0) is 11.6. The minimum absolute atomic E-state index is 0.0828. The highest BCUT2D eigenvalue weighted by atomic mass is 16.4.